The van der Waals surface area contributed by atoms with Gasteiger partial charge in [0.1, 0.15) is 0 Å². The molecular formula is C9H15NO4. The molecule has 4 atom stereocenters. The predicted molar refractivity (Wildman–Crippen MR) is 48.7 cm³/mol. The molecule has 0 aromatic rings. The van der Waals surface area contributed by atoms with Gasteiger partial charge in [-0.1, -0.05) is 0 Å². The average Bonchev–Trinajstić information content (AvgIpc) is 2.12. The summed E-state index contributed by atoms with van der Waals surface area (Å²) in [4.78, 5) is 21.9. The van der Waals surface area contributed by atoms with Crippen LogP contribution in [0.4, 0.5) is 0 Å². The van der Waals surface area contributed by atoms with Crippen molar-refractivity contribution < 1.29 is 19.4 Å². The number of aliphatic carboxylic acids is 1. The van der Waals surface area contributed by atoms with Crippen molar-refractivity contribution >= 4 is 11.9 Å². The number of hydrogen-bond donors (Lipinski definition) is 2. The van der Waals surface area contributed by atoms with Gasteiger partial charge in [0.2, 0.25) is 5.91 Å². The summed E-state index contributed by atoms with van der Waals surface area (Å²) in [6.07, 6.45) is -0.240. The molecule has 5 nitrogen and oxygen atoms in total. The van der Waals surface area contributed by atoms with Crippen LogP contribution in [0.25, 0.3) is 0 Å². The fourth-order valence-corrected chi connectivity index (χ4v) is 1.66. The Hall–Kier alpha value is -1.10. The first-order valence-electron chi connectivity index (χ1n) is 4.55. The third-order valence-electron chi connectivity index (χ3n) is 2.80. The van der Waals surface area contributed by atoms with Crippen LogP contribution in [0.1, 0.15) is 13.8 Å². The largest absolute Gasteiger partial charge is 0.481 e. The zero-order chi connectivity index (χ0) is 10.9. The molecule has 0 radical (unpaired) electrons. The standard InChI is InChI=1S/C9H15NO4/c1-4(9(12)13)7-6(5(2)14-3)8(11)10-7/h4-7H,1-3H3,(H,10,11)(H,12,13)/t4-,5-,6?,7-/m1/s1. The Morgan fingerprint density at radius 1 is 1.57 bits per heavy atom. The summed E-state index contributed by atoms with van der Waals surface area (Å²) in [5.41, 5.74) is 0. The molecule has 1 rings (SSSR count). The van der Waals surface area contributed by atoms with E-state index in [1.54, 1.807) is 13.8 Å². The van der Waals surface area contributed by atoms with E-state index in [0.717, 1.165) is 0 Å². The Bertz CT molecular complexity index is 253. The minimum atomic E-state index is -0.900. The van der Waals surface area contributed by atoms with Gasteiger partial charge in [-0.05, 0) is 13.8 Å². The Kier molecular flexibility index (Phi) is 3.10. The van der Waals surface area contributed by atoms with Crippen molar-refractivity contribution in [1.29, 1.82) is 0 Å². The molecule has 1 unspecified atom stereocenters. The number of methoxy groups -OCH3 is 1. The fraction of sp³-hybridized carbons (Fsp3) is 0.778. The van der Waals surface area contributed by atoms with Gasteiger partial charge in [-0.15, -0.1) is 0 Å². The lowest BCUT2D eigenvalue weighted by Crippen LogP contribution is -2.65. The van der Waals surface area contributed by atoms with Gasteiger partial charge < -0.3 is 15.2 Å². The molecule has 80 valence electrons. The number of carbonyl (C=O) groups excluding carboxylic acids is 1. The Labute approximate surface area is 82.4 Å². The fourth-order valence-electron chi connectivity index (χ4n) is 1.66. The Morgan fingerprint density at radius 3 is 2.50 bits per heavy atom. The third kappa shape index (κ3) is 1.72. The number of nitrogens with one attached hydrogen (secondary N) is 1. The molecule has 2 N–H and O–H groups in total. The summed E-state index contributed by atoms with van der Waals surface area (Å²) in [5, 5.41) is 11.4. The second-order valence-corrected chi connectivity index (χ2v) is 3.63. The van der Waals surface area contributed by atoms with Crippen molar-refractivity contribution in [2.24, 2.45) is 11.8 Å². The molecule has 1 aliphatic rings. The van der Waals surface area contributed by atoms with E-state index in [4.69, 9.17) is 9.84 Å². The number of amides is 1. The Morgan fingerprint density at radius 2 is 2.14 bits per heavy atom. The van der Waals surface area contributed by atoms with Gasteiger partial charge in [0.05, 0.1) is 24.0 Å². The lowest BCUT2D eigenvalue weighted by atomic mass is 9.79. The molecule has 0 spiro atoms. The van der Waals surface area contributed by atoms with Gasteiger partial charge >= 0.3 is 5.97 Å². The van der Waals surface area contributed by atoms with Gasteiger partial charge in [-0.25, -0.2) is 0 Å². The summed E-state index contributed by atoms with van der Waals surface area (Å²) in [6, 6.07) is -0.310. The van der Waals surface area contributed by atoms with Gasteiger partial charge in [0.25, 0.3) is 0 Å². The molecule has 0 aromatic heterocycles. The molecule has 14 heavy (non-hydrogen) atoms. The smallest absolute Gasteiger partial charge is 0.308 e. The molecular weight excluding hydrogens is 186 g/mol. The van der Waals surface area contributed by atoms with Crippen molar-refractivity contribution in [2.45, 2.75) is 26.0 Å². The van der Waals surface area contributed by atoms with Crippen LogP contribution in [0.15, 0.2) is 0 Å². The zero-order valence-electron chi connectivity index (χ0n) is 8.48. The quantitative estimate of drug-likeness (QED) is 0.620. The van der Waals surface area contributed by atoms with E-state index >= 15 is 0 Å². The first-order chi connectivity index (χ1) is 6.49. The maximum atomic E-state index is 11.2. The summed E-state index contributed by atoms with van der Waals surface area (Å²) in [5.74, 6) is -1.94. The van der Waals surface area contributed by atoms with Crippen molar-refractivity contribution in [3.05, 3.63) is 0 Å². The van der Waals surface area contributed by atoms with E-state index in [1.165, 1.54) is 7.11 Å². The van der Waals surface area contributed by atoms with Gasteiger partial charge in [-0.3, -0.25) is 9.59 Å². The van der Waals surface area contributed by atoms with Gasteiger partial charge in [0.15, 0.2) is 0 Å². The summed E-state index contributed by atoms with van der Waals surface area (Å²) < 4.78 is 5.03. The van der Waals surface area contributed by atoms with Crippen LogP contribution in [-0.4, -0.2) is 36.2 Å². The SMILES string of the molecule is CO[C@H](C)C1C(=O)N[C@@H]1[C@@H](C)C(=O)O. The molecule has 1 fully saturated rings. The third-order valence-corrected chi connectivity index (χ3v) is 2.80. The normalized spacial score (nSPS) is 30.1. The highest BCUT2D eigenvalue weighted by Gasteiger charge is 2.47. The van der Waals surface area contributed by atoms with Crippen molar-refractivity contribution in [3.8, 4) is 0 Å². The highest BCUT2D eigenvalue weighted by molar-refractivity contribution is 5.88. The van der Waals surface area contributed by atoms with Crippen molar-refractivity contribution in [2.75, 3.05) is 7.11 Å². The number of carboxylic acid groups (broad SMARTS) is 1. The second-order valence-electron chi connectivity index (χ2n) is 3.63. The lowest BCUT2D eigenvalue weighted by molar-refractivity contribution is -0.152. The van der Waals surface area contributed by atoms with Gasteiger partial charge in [0, 0.05) is 7.11 Å². The molecule has 1 aliphatic heterocycles. The number of ether oxygens (including phenoxy) is 1. The number of hydrogen-bond acceptors (Lipinski definition) is 3. The molecule has 1 saturated heterocycles. The van der Waals surface area contributed by atoms with E-state index < -0.39 is 11.9 Å². The highest BCUT2D eigenvalue weighted by Crippen LogP contribution is 2.26. The first-order valence-corrected chi connectivity index (χ1v) is 4.55. The van der Waals surface area contributed by atoms with Crippen LogP contribution < -0.4 is 5.32 Å². The number of rotatable bonds is 4. The Balaban J connectivity index is 2.65. The minimum Gasteiger partial charge on any atom is -0.481 e. The number of carbonyl (C=O) groups is 2. The molecule has 0 aromatic carbocycles. The van der Waals surface area contributed by atoms with E-state index in [0.29, 0.717) is 0 Å². The summed E-state index contributed by atoms with van der Waals surface area (Å²) in [7, 11) is 1.51. The molecule has 0 bridgehead atoms. The second kappa shape index (κ2) is 3.96. The van der Waals surface area contributed by atoms with E-state index in [1.807, 2.05) is 0 Å². The van der Waals surface area contributed by atoms with Crippen LogP contribution in [0.5, 0.6) is 0 Å². The van der Waals surface area contributed by atoms with Crippen LogP contribution in [0.3, 0.4) is 0 Å². The molecule has 1 amide bonds. The van der Waals surface area contributed by atoms with Gasteiger partial charge in [-0.2, -0.15) is 0 Å². The van der Waals surface area contributed by atoms with Crippen LogP contribution >= 0.6 is 0 Å². The lowest BCUT2D eigenvalue weighted by Gasteiger charge is -2.41. The van der Waals surface area contributed by atoms with E-state index in [-0.39, 0.29) is 24.0 Å². The molecule has 0 aliphatic carbocycles. The molecule has 1 heterocycles. The van der Waals surface area contributed by atoms with Crippen LogP contribution in [-0.2, 0) is 14.3 Å². The first kappa shape index (κ1) is 11.0. The average molecular weight is 201 g/mol. The van der Waals surface area contributed by atoms with Crippen LogP contribution in [0, 0.1) is 11.8 Å². The van der Waals surface area contributed by atoms with E-state index in [9.17, 15) is 9.59 Å². The van der Waals surface area contributed by atoms with Crippen molar-refractivity contribution in [3.63, 3.8) is 0 Å². The zero-order valence-corrected chi connectivity index (χ0v) is 8.48. The minimum absolute atomic E-state index is 0.127. The highest BCUT2D eigenvalue weighted by atomic mass is 16.5. The summed E-state index contributed by atoms with van der Waals surface area (Å²) in [6.45, 7) is 3.35. The predicted octanol–water partition coefficient (Wildman–Crippen LogP) is -0.143. The molecule has 5 heteroatoms. The van der Waals surface area contributed by atoms with Crippen molar-refractivity contribution in [1.82, 2.24) is 5.32 Å². The van der Waals surface area contributed by atoms with E-state index in [2.05, 4.69) is 5.32 Å². The monoisotopic (exact) mass is 201 g/mol. The number of β-lactam (4-membered cyclic amide) rings is 1. The maximum absolute atomic E-state index is 11.2. The topological polar surface area (TPSA) is 75.6 Å². The number of carboxylic acids is 1. The maximum Gasteiger partial charge on any atom is 0.308 e. The molecule has 0 saturated carbocycles. The van der Waals surface area contributed by atoms with Crippen LogP contribution in [0.2, 0.25) is 0 Å². The summed E-state index contributed by atoms with van der Waals surface area (Å²) >= 11 is 0.